The number of nitrogens with zero attached hydrogens (tertiary/aromatic N) is 4. The Labute approximate surface area is 232 Å². The molecule has 0 saturated heterocycles. The van der Waals surface area contributed by atoms with Crippen LogP contribution in [0.25, 0.3) is 0 Å². The molecule has 41 heavy (non-hydrogen) atoms. The summed E-state index contributed by atoms with van der Waals surface area (Å²) in [7, 11) is 0. The van der Waals surface area contributed by atoms with E-state index in [9.17, 15) is 29.8 Å². The molecule has 13 heteroatoms. The average Bonchev–Trinajstić information content (AvgIpc) is 2.98. The fraction of sp³-hybridized carbons (Fsp3) is 0. The molecular formula is C28H21N7O6. The minimum Gasteiger partial charge on any atom is -0.354 e. The van der Waals surface area contributed by atoms with Crippen molar-refractivity contribution >= 4 is 47.0 Å². The number of carbonyl (C=O) groups excluding carboxylic acids is 2. The lowest BCUT2D eigenvalue weighted by atomic mass is 10.1. The molecule has 0 saturated carbocycles. The van der Waals surface area contributed by atoms with Gasteiger partial charge in [-0.25, -0.2) is 10.9 Å². The Hall–Kier alpha value is -6.24. The summed E-state index contributed by atoms with van der Waals surface area (Å²) in [6.07, 6.45) is 2.71. The number of anilines is 2. The number of hydrazone groups is 2. The van der Waals surface area contributed by atoms with E-state index in [1.807, 2.05) is 0 Å². The maximum atomic E-state index is 12.9. The van der Waals surface area contributed by atoms with Gasteiger partial charge < -0.3 is 5.32 Å². The molecule has 0 heterocycles. The second kappa shape index (κ2) is 13.0. The maximum Gasteiger partial charge on any atom is 0.273 e. The molecule has 0 aliphatic heterocycles. The van der Waals surface area contributed by atoms with E-state index < -0.39 is 21.7 Å². The smallest absolute Gasteiger partial charge is 0.273 e. The zero-order valence-electron chi connectivity index (χ0n) is 21.1. The molecule has 0 atom stereocenters. The largest absolute Gasteiger partial charge is 0.354 e. The minimum atomic E-state index is -0.527. The van der Waals surface area contributed by atoms with Crippen molar-refractivity contribution in [3.8, 4) is 0 Å². The minimum absolute atomic E-state index is 0.0588. The van der Waals surface area contributed by atoms with Crippen molar-refractivity contribution in [3.05, 3.63) is 140 Å². The summed E-state index contributed by atoms with van der Waals surface area (Å²) >= 11 is 0. The first-order chi connectivity index (χ1) is 19.8. The van der Waals surface area contributed by atoms with E-state index in [1.54, 1.807) is 48.5 Å². The third-order valence-corrected chi connectivity index (χ3v) is 5.58. The van der Waals surface area contributed by atoms with E-state index >= 15 is 0 Å². The molecule has 0 spiro atoms. The number of nitro benzene ring substituents is 2. The van der Waals surface area contributed by atoms with Crippen molar-refractivity contribution in [1.82, 2.24) is 10.9 Å². The molecule has 0 fully saturated rings. The van der Waals surface area contributed by atoms with Crippen LogP contribution in [0.2, 0.25) is 0 Å². The van der Waals surface area contributed by atoms with Gasteiger partial charge in [-0.1, -0.05) is 24.3 Å². The topological polar surface area (TPSA) is 181 Å². The van der Waals surface area contributed by atoms with Crippen LogP contribution in [-0.4, -0.2) is 34.1 Å². The molecule has 0 bridgehead atoms. The SMILES string of the molecule is O=C(N/N=C\c1ccc([N+](=O)[O-])cc1)c1ccccc1Nc1ccccc1C(=O)N/N=C/c1ccc([N+](=O)[O-])cc1. The van der Waals surface area contributed by atoms with E-state index in [-0.39, 0.29) is 22.5 Å². The van der Waals surface area contributed by atoms with Gasteiger partial charge in [0.05, 0.1) is 44.8 Å². The predicted molar refractivity (Wildman–Crippen MR) is 152 cm³/mol. The zero-order valence-corrected chi connectivity index (χ0v) is 21.1. The van der Waals surface area contributed by atoms with E-state index in [0.29, 0.717) is 22.5 Å². The van der Waals surface area contributed by atoms with Gasteiger partial charge in [0.2, 0.25) is 0 Å². The highest BCUT2D eigenvalue weighted by Crippen LogP contribution is 2.24. The third kappa shape index (κ3) is 7.42. The molecule has 3 N–H and O–H groups in total. The quantitative estimate of drug-likeness (QED) is 0.144. The van der Waals surface area contributed by atoms with Crippen molar-refractivity contribution in [2.75, 3.05) is 5.32 Å². The highest BCUT2D eigenvalue weighted by atomic mass is 16.6. The summed E-state index contributed by atoms with van der Waals surface area (Å²) < 4.78 is 0. The number of non-ortho nitro benzene ring substituents is 2. The van der Waals surface area contributed by atoms with Crippen molar-refractivity contribution in [2.45, 2.75) is 0 Å². The van der Waals surface area contributed by atoms with Crippen LogP contribution in [0.1, 0.15) is 31.8 Å². The summed E-state index contributed by atoms with van der Waals surface area (Å²) in [6.45, 7) is 0. The number of benzene rings is 4. The third-order valence-electron chi connectivity index (χ3n) is 5.58. The van der Waals surface area contributed by atoms with E-state index in [1.165, 1.54) is 61.0 Å². The molecule has 0 aromatic heterocycles. The standard InChI is InChI=1S/C28H21N7O6/c36-27(32-29-17-19-9-13-21(14-10-19)34(38)39)23-5-1-3-7-25(23)31-26-8-4-2-6-24(26)28(37)33-30-18-20-11-15-22(16-12-20)35(40)41/h1-18,31H,(H,32,36)(H,33,37)/b29-17-,30-18+. The Morgan fingerprint density at radius 3 is 1.32 bits per heavy atom. The fourth-order valence-electron chi connectivity index (χ4n) is 3.54. The number of amides is 2. The monoisotopic (exact) mass is 551 g/mol. The highest BCUT2D eigenvalue weighted by Gasteiger charge is 2.15. The normalized spacial score (nSPS) is 10.8. The molecule has 0 aliphatic rings. The molecule has 204 valence electrons. The number of hydrogen-bond acceptors (Lipinski definition) is 9. The van der Waals surface area contributed by atoms with Gasteiger partial charge in [0.15, 0.2) is 0 Å². The summed E-state index contributed by atoms with van der Waals surface area (Å²) in [5.41, 5.74) is 7.15. The Morgan fingerprint density at radius 1 is 0.585 bits per heavy atom. The van der Waals surface area contributed by atoms with Gasteiger partial charge in [0, 0.05) is 24.3 Å². The van der Waals surface area contributed by atoms with Crippen LogP contribution in [0.15, 0.2) is 107 Å². The molecule has 0 radical (unpaired) electrons. The Bertz CT molecular complexity index is 1530. The Kier molecular flexibility index (Phi) is 8.82. The van der Waals surface area contributed by atoms with E-state index in [2.05, 4.69) is 26.4 Å². The molecular weight excluding hydrogens is 530 g/mol. The lowest BCUT2D eigenvalue weighted by molar-refractivity contribution is -0.385. The summed E-state index contributed by atoms with van der Waals surface area (Å²) in [5.74, 6) is -1.05. The Balaban J connectivity index is 1.43. The lowest BCUT2D eigenvalue weighted by Gasteiger charge is -2.14. The van der Waals surface area contributed by atoms with Crippen molar-refractivity contribution in [2.24, 2.45) is 10.2 Å². The van der Waals surface area contributed by atoms with Crippen molar-refractivity contribution in [1.29, 1.82) is 0 Å². The van der Waals surface area contributed by atoms with Crippen LogP contribution in [-0.2, 0) is 0 Å². The molecule has 4 aromatic rings. The van der Waals surface area contributed by atoms with Crippen LogP contribution in [0.5, 0.6) is 0 Å². The highest BCUT2D eigenvalue weighted by molar-refractivity contribution is 6.03. The number of rotatable bonds is 10. The van der Waals surface area contributed by atoms with Gasteiger partial charge in [-0.3, -0.25) is 29.8 Å². The Morgan fingerprint density at radius 2 is 0.951 bits per heavy atom. The number of nitro groups is 2. The molecule has 0 unspecified atom stereocenters. The van der Waals surface area contributed by atoms with Crippen LogP contribution >= 0.6 is 0 Å². The fourth-order valence-corrected chi connectivity index (χ4v) is 3.54. The molecule has 4 rings (SSSR count). The lowest BCUT2D eigenvalue weighted by Crippen LogP contribution is -2.20. The van der Waals surface area contributed by atoms with Crippen LogP contribution < -0.4 is 16.2 Å². The van der Waals surface area contributed by atoms with Gasteiger partial charge in [0.25, 0.3) is 23.2 Å². The van der Waals surface area contributed by atoms with Gasteiger partial charge >= 0.3 is 0 Å². The predicted octanol–water partition coefficient (Wildman–Crippen LogP) is 4.77. The maximum absolute atomic E-state index is 12.9. The van der Waals surface area contributed by atoms with Crippen molar-refractivity contribution < 1.29 is 19.4 Å². The summed E-state index contributed by atoms with van der Waals surface area (Å²) in [6, 6.07) is 24.6. The van der Waals surface area contributed by atoms with Gasteiger partial charge in [-0.2, -0.15) is 10.2 Å². The van der Waals surface area contributed by atoms with Gasteiger partial charge in [-0.15, -0.1) is 0 Å². The van der Waals surface area contributed by atoms with Gasteiger partial charge in [0.1, 0.15) is 0 Å². The second-order valence-electron chi connectivity index (χ2n) is 8.31. The van der Waals surface area contributed by atoms with Crippen LogP contribution in [0.3, 0.4) is 0 Å². The summed E-state index contributed by atoms with van der Waals surface area (Å²) in [5, 5.41) is 32.5. The molecule has 13 nitrogen and oxygen atoms in total. The first-order valence-electron chi connectivity index (χ1n) is 11.9. The number of para-hydroxylation sites is 2. The van der Waals surface area contributed by atoms with Crippen molar-refractivity contribution in [3.63, 3.8) is 0 Å². The summed E-state index contributed by atoms with van der Waals surface area (Å²) in [4.78, 5) is 46.3. The molecule has 2 amide bonds. The zero-order chi connectivity index (χ0) is 29.2. The van der Waals surface area contributed by atoms with E-state index in [0.717, 1.165) is 0 Å². The van der Waals surface area contributed by atoms with Crippen LogP contribution in [0, 0.1) is 20.2 Å². The average molecular weight is 552 g/mol. The molecule has 4 aromatic carbocycles. The first-order valence-corrected chi connectivity index (χ1v) is 11.9. The first kappa shape index (κ1) is 27.8. The second-order valence-corrected chi connectivity index (χ2v) is 8.31. The number of carbonyl (C=O) groups is 2. The number of hydrogen-bond donors (Lipinski definition) is 3. The molecule has 0 aliphatic carbocycles. The van der Waals surface area contributed by atoms with Crippen LogP contribution in [0.4, 0.5) is 22.7 Å². The number of nitrogens with one attached hydrogen (secondary N) is 3. The van der Waals surface area contributed by atoms with E-state index in [4.69, 9.17) is 0 Å². The van der Waals surface area contributed by atoms with Gasteiger partial charge in [-0.05, 0) is 59.7 Å².